The summed E-state index contributed by atoms with van der Waals surface area (Å²) in [4.78, 5) is 24.3. The number of esters is 2. The second-order valence-corrected chi connectivity index (χ2v) is 4.93. The van der Waals surface area contributed by atoms with Crippen molar-refractivity contribution in [3.05, 3.63) is 24.0 Å². The molecule has 1 aliphatic heterocycles. The van der Waals surface area contributed by atoms with Crippen LogP contribution in [0.4, 0.5) is 0 Å². The molecule has 0 aromatic heterocycles. The minimum Gasteiger partial charge on any atom is -0.489 e. The van der Waals surface area contributed by atoms with Crippen LogP contribution in [-0.4, -0.2) is 31.3 Å². The van der Waals surface area contributed by atoms with Crippen LogP contribution >= 0.6 is 0 Å². The first-order valence-electron chi connectivity index (χ1n) is 6.96. The molecule has 0 amide bonds. The van der Waals surface area contributed by atoms with E-state index in [-0.39, 0.29) is 12.1 Å². The number of ether oxygens (including phenoxy) is 3. The highest BCUT2D eigenvalue weighted by atomic mass is 16.5. The van der Waals surface area contributed by atoms with Gasteiger partial charge in [0.25, 0.3) is 0 Å². The lowest BCUT2D eigenvalue weighted by Crippen LogP contribution is -2.30. The Morgan fingerprint density at radius 3 is 2.70 bits per heavy atom. The molecular formula is C15H20O5. The van der Waals surface area contributed by atoms with E-state index in [1.165, 1.54) is 0 Å². The number of hydrogen-bond donors (Lipinski definition) is 0. The number of carbonyl (C=O) groups excluding carboxylic acids is 2. The monoisotopic (exact) mass is 280 g/mol. The van der Waals surface area contributed by atoms with E-state index in [0.717, 1.165) is 0 Å². The summed E-state index contributed by atoms with van der Waals surface area (Å²) in [5.74, 6) is -0.295. The van der Waals surface area contributed by atoms with E-state index < -0.39 is 11.4 Å². The van der Waals surface area contributed by atoms with Gasteiger partial charge < -0.3 is 14.2 Å². The molecule has 110 valence electrons. The maximum Gasteiger partial charge on any atom is 0.337 e. The Hall–Kier alpha value is -1.78. The van der Waals surface area contributed by atoms with Crippen molar-refractivity contribution in [3.63, 3.8) is 0 Å². The first-order valence-corrected chi connectivity index (χ1v) is 6.96. The number of fused-ring (bicyclic) bond motifs is 1. The van der Waals surface area contributed by atoms with Crippen LogP contribution in [0.3, 0.4) is 0 Å². The predicted molar refractivity (Wildman–Crippen MR) is 71.6 cm³/mol. The topological polar surface area (TPSA) is 61.8 Å². The standard InChI is InChI=1S/C15H20O5/c1-4-10-9-15(14(17)19-6-3)8-7-11(12(15)20-10)13(16)18-5-2/h4,10H,1,5-9H2,2-3H3/t10-,15-/m0/s1. The second kappa shape index (κ2) is 5.69. The molecular weight excluding hydrogens is 260 g/mol. The zero-order valence-corrected chi connectivity index (χ0v) is 11.9. The fraction of sp³-hybridized carbons (Fsp3) is 0.600. The molecule has 2 aliphatic rings. The first kappa shape index (κ1) is 14.6. The summed E-state index contributed by atoms with van der Waals surface area (Å²) >= 11 is 0. The van der Waals surface area contributed by atoms with Crippen molar-refractivity contribution in [3.8, 4) is 0 Å². The van der Waals surface area contributed by atoms with Crippen LogP contribution in [0.1, 0.15) is 33.1 Å². The van der Waals surface area contributed by atoms with E-state index in [2.05, 4.69) is 6.58 Å². The van der Waals surface area contributed by atoms with E-state index >= 15 is 0 Å². The van der Waals surface area contributed by atoms with Gasteiger partial charge in [-0.25, -0.2) is 4.79 Å². The molecule has 1 aliphatic carbocycles. The molecule has 1 heterocycles. The lowest BCUT2D eigenvalue weighted by molar-refractivity contribution is -0.153. The fourth-order valence-electron chi connectivity index (χ4n) is 2.86. The molecule has 5 heteroatoms. The van der Waals surface area contributed by atoms with Crippen LogP contribution in [0, 0.1) is 5.41 Å². The Labute approximate surface area is 118 Å². The molecule has 1 fully saturated rings. The molecule has 2 rings (SSSR count). The SMILES string of the molecule is C=C[C@H]1C[C@@]2(C(=O)OCC)CCC(C(=O)OCC)=C2O1. The van der Waals surface area contributed by atoms with Gasteiger partial charge in [0.1, 0.15) is 17.3 Å². The van der Waals surface area contributed by atoms with Crippen LogP contribution in [-0.2, 0) is 23.8 Å². The molecule has 0 aromatic carbocycles. The summed E-state index contributed by atoms with van der Waals surface area (Å²) in [7, 11) is 0. The average Bonchev–Trinajstić information content (AvgIpc) is 2.94. The van der Waals surface area contributed by atoms with Crippen LogP contribution < -0.4 is 0 Å². The normalized spacial score (nSPS) is 27.8. The van der Waals surface area contributed by atoms with E-state index in [1.807, 2.05) is 0 Å². The highest BCUT2D eigenvalue weighted by Gasteiger charge is 2.57. The van der Waals surface area contributed by atoms with E-state index in [4.69, 9.17) is 14.2 Å². The Morgan fingerprint density at radius 1 is 1.40 bits per heavy atom. The molecule has 0 saturated carbocycles. The summed E-state index contributed by atoms with van der Waals surface area (Å²) in [5, 5.41) is 0. The van der Waals surface area contributed by atoms with Crippen molar-refractivity contribution in [1.29, 1.82) is 0 Å². The third-order valence-electron chi connectivity index (χ3n) is 3.78. The summed E-state index contributed by atoms with van der Waals surface area (Å²) in [6.45, 7) is 7.81. The van der Waals surface area contributed by atoms with Gasteiger partial charge in [-0.05, 0) is 26.7 Å². The Balaban J connectivity index is 2.37. The van der Waals surface area contributed by atoms with Gasteiger partial charge in [0.15, 0.2) is 0 Å². The van der Waals surface area contributed by atoms with Gasteiger partial charge in [0, 0.05) is 6.42 Å². The molecule has 0 N–H and O–H groups in total. The summed E-state index contributed by atoms with van der Waals surface area (Å²) in [5.41, 5.74) is -0.374. The first-order chi connectivity index (χ1) is 9.58. The van der Waals surface area contributed by atoms with Gasteiger partial charge in [-0.1, -0.05) is 12.7 Å². The maximum atomic E-state index is 12.3. The number of rotatable bonds is 5. The molecule has 5 nitrogen and oxygen atoms in total. The zero-order valence-electron chi connectivity index (χ0n) is 11.9. The number of hydrogen-bond acceptors (Lipinski definition) is 5. The van der Waals surface area contributed by atoms with Gasteiger partial charge in [-0.15, -0.1) is 0 Å². The molecule has 0 unspecified atom stereocenters. The molecule has 0 radical (unpaired) electrons. The van der Waals surface area contributed by atoms with Crippen molar-refractivity contribution in [2.75, 3.05) is 13.2 Å². The Kier molecular flexibility index (Phi) is 4.16. The van der Waals surface area contributed by atoms with Gasteiger partial charge in [0.05, 0.1) is 18.8 Å². The van der Waals surface area contributed by atoms with E-state index in [0.29, 0.717) is 43.8 Å². The van der Waals surface area contributed by atoms with Gasteiger partial charge in [-0.3, -0.25) is 4.79 Å². The van der Waals surface area contributed by atoms with Crippen molar-refractivity contribution in [2.24, 2.45) is 5.41 Å². The van der Waals surface area contributed by atoms with Crippen molar-refractivity contribution >= 4 is 11.9 Å². The quantitative estimate of drug-likeness (QED) is 0.570. The Bertz CT molecular complexity index is 465. The molecule has 1 saturated heterocycles. The minimum absolute atomic E-state index is 0.265. The average molecular weight is 280 g/mol. The third-order valence-corrected chi connectivity index (χ3v) is 3.78. The minimum atomic E-state index is -0.836. The second-order valence-electron chi connectivity index (χ2n) is 4.93. The summed E-state index contributed by atoms with van der Waals surface area (Å²) in [6, 6.07) is 0. The lowest BCUT2D eigenvalue weighted by Gasteiger charge is -2.21. The Morgan fingerprint density at radius 2 is 2.10 bits per heavy atom. The lowest BCUT2D eigenvalue weighted by atomic mass is 9.82. The smallest absolute Gasteiger partial charge is 0.337 e. The van der Waals surface area contributed by atoms with Crippen LogP contribution in [0.25, 0.3) is 0 Å². The van der Waals surface area contributed by atoms with Crippen LogP contribution in [0.5, 0.6) is 0 Å². The van der Waals surface area contributed by atoms with Crippen LogP contribution in [0.15, 0.2) is 24.0 Å². The molecule has 2 atom stereocenters. The largest absolute Gasteiger partial charge is 0.489 e. The maximum absolute atomic E-state index is 12.3. The van der Waals surface area contributed by atoms with Gasteiger partial charge >= 0.3 is 11.9 Å². The zero-order chi connectivity index (χ0) is 14.8. The summed E-state index contributed by atoms with van der Waals surface area (Å²) < 4.78 is 16.0. The third kappa shape index (κ3) is 2.21. The fourth-order valence-corrected chi connectivity index (χ4v) is 2.86. The highest BCUT2D eigenvalue weighted by molar-refractivity contribution is 5.93. The van der Waals surface area contributed by atoms with Crippen molar-refractivity contribution < 1.29 is 23.8 Å². The molecule has 0 spiro atoms. The van der Waals surface area contributed by atoms with Crippen LogP contribution in [0.2, 0.25) is 0 Å². The van der Waals surface area contributed by atoms with E-state index in [9.17, 15) is 9.59 Å². The van der Waals surface area contributed by atoms with E-state index in [1.54, 1.807) is 19.9 Å². The predicted octanol–water partition coefficient (Wildman–Crippen LogP) is 2.12. The van der Waals surface area contributed by atoms with Gasteiger partial charge in [-0.2, -0.15) is 0 Å². The number of carbonyl (C=O) groups is 2. The molecule has 0 bridgehead atoms. The van der Waals surface area contributed by atoms with Crippen molar-refractivity contribution in [2.45, 2.75) is 39.2 Å². The summed E-state index contributed by atoms with van der Waals surface area (Å²) in [6.07, 6.45) is 2.87. The van der Waals surface area contributed by atoms with Gasteiger partial charge in [0.2, 0.25) is 0 Å². The van der Waals surface area contributed by atoms with Crippen molar-refractivity contribution in [1.82, 2.24) is 0 Å². The molecule has 0 aromatic rings. The highest BCUT2D eigenvalue weighted by Crippen LogP contribution is 2.53. The molecule has 20 heavy (non-hydrogen) atoms.